The predicted octanol–water partition coefficient (Wildman–Crippen LogP) is 4.98. The molecule has 0 aliphatic heterocycles. The molecule has 1 aromatic carbocycles. The minimum absolute atomic E-state index is 0.400. The van der Waals surface area contributed by atoms with Crippen LogP contribution in [-0.4, -0.2) is 0 Å². The normalized spacial score (nSPS) is 12.7. The lowest BCUT2D eigenvalue weighted by Gasteiger charge is -2.13. The van der Waals surface area contributed by atoms with Gasteiger partial charge in [0.15, 0.2) is 0 Å². The van der Waals surface area contributed by atoms with Crippen LogP contribution in [0.3, 0.4) is 0 Å². The number of hydrogen-bond acceptors (Lipinski definition) is 2. The quantitative estimate of drug-likeness (QED) is 0.836. The molecule has 0 saturated heterocycles. The topological polar surface area (TPSA) is 12.0 Å². The van der Waals surface area contributed by atoms with Crippen LogP contribution in [0.4, 0.5) is 0 Å². The maximum absolute atomic E-state index is 3.62. The lowest BCUT2D eigenvalue weighted by atomic mass is 10.1. The van der Waals surface area contributed by atoms with Crippen LogP contribution in [0, 0.1) is 13.8 Å². The third kappa shape index (κ3) is 3.44. The van der Waals surface area contributed by atoms with E-state index in [4.69, 9.17) is 0 Å². The van der Waals surface area contributed by atoms with Crippen molar-refractivity contribution < 1.29 is 0 Å². The van der Waals surface area contributed by atoms with Gasteiger partial charge < -0.3 is 5.32 Å². The third-order valence-electron chi connectivity index (χ3n) is 3.00. The molecule has 0 saturated carbocycles. The minimum atomic E-state index is 0.400. The molecule has 1 aromatic heterocycles. The first kappa shape index (κ1) is 13.8. The van der Waals surface area contributed by atoms with Crippen LogP contribution in [0.2, 0.25) is 0 Å². The van der Waals surface area contributed by atoms with Gasteiger partial charge in [0, 0.05) is 26.8 Å². The van der Waals surface area contributed by atoms with Gasteiger partial charge in [-0.3, -0.25) is 0 Å². The molecule has 2 aromatic rings. The number of rotatable bonds is 4. The SMILES string of the molecule is Cc1ccc(CNC(C)c2ccc(C)s2)c(Br)c1. The molecule has 1 atom stereocenters. The van der Waals surface area contributed by atoms with Crippen molar-refractivity contribution in [2.75, 3.05) is 0 Å². The Bertz CT molecular complexity index is 533. The molecule has 2 rings (SSSR count). The predicted molar refractivity (Wildman–Crippen MR) is 83.2 cm³/mol. The van der Waals surface area contributed by atoms with Crippen molar-refractivity contribution in [1.82, 2.24) is 5.32 Å². The van der Waals surface area contributed by atoms with Crippen LogP contribution < -0.4 is 5.32 Å². The van der Waals surface area contributed by atoms with Gasteiger partial charge in [-0.2, -0.15) is 0 Å². The van der Waals surface area contributed by atoms with Crippen LogP contribution in [0.15, 0.2) is 34.8 Å². The van der Waals surface area contributed by atoms with E-state index in [9.17, 15) is 0 Å². The third-order valence-corrected chi connectivity index (χ3v) is 4.92. The molecule has 1 N–H and O–H groups in total. The fraction of sp³-hybridized carbons (Fsp3) is 0.333. The van der Waals surface area contributed by atoms with Crippen molar-refractivity contribution in [1.29, 1.82) is 0 Å². The van der Waals surface area contributed by atoms with E-state index < -0.39 is 0 Å². The molecule has 0 aliphatic rings. The molecule has 0 bridgehead atoms. The van der Waals surface area contributed by atoms with Crippen LogP contribution in [0.25, 0.3) is 0 Å². The van der Waals surface area contributed by atoms with Gasteiger partial charge in [0.1, 0.15) is 0 Å². The van der Waals surface area contributed by atoms with E-state index in [1.165, 1.54) is 25.4 Å². The first-order chi connectivity index (χ1) is 8.56. The van der Waals surface area contributed by atoms with Gasteiger partial charge in [-0.25, -0.2) is 0 Å². The molecule has 3 heteroatoms. The molecule has 0 amide bonds. The van der Waals surface area contributed by atoms with Gasteiger partial charge in [0.05, 0.1) is 0 Å². The molecule has 0 aliphatic carbocycles. The summed E-state index contributed by atoms with van der Waals surface area (Å²) in [6, 6.07) is 11.3. The van der Waals surface area contributed by atoms with Crippen molar-refractivity contribution in [3.63, 3.8) is 0 Å². The Kier molecular flexibility index (Phi) is 4.60. The van der Waals surface area contributed by atoms with Crippen molar-refractivity contribution in [3.05, 3.63) is 55.7 Å². The van der Waals surface area contributed by atoms with Gasteiger partial charge in [-0.05, 0) is 50.1 Å². The summed E-state index contributed by atoms with van der Waals surface area (Å²) >= 11 is 5.48. The Labute approximate surface area is 121 Å². The highest BCUT2D eigenvalue weighted by atomic mass is 79.9. The van der Waals surface area contributed by atoms with E-state index in [1.807, 2.05) is 11.3 Å². The molecule has 1 unspecified atom stereocenters. The van der Waals surface area contributed by atoms with Gasteiger partial charge in [-0.15, -0.1) is 11.3 Å². The summed E-state index contributed by atoms with van der Waals surface area (Å²) in [4.78, 5) is 2.77. The van der Waals surface area contributed by atoms with Crippen LogP contribution in [0.1, 0.15) is 33.8 Å². The molecule has 0 radical (unpaired) electrons. The highest BCUT2D eigenvalue weighted by Crippen LogP contribution is 2.24. The summed E-state index contributed by atoms with van der Waals surface area (Å²) < 4.78 is 1.18. The lowest BCUT2D eigenvalue weighted by molar-refractivity contribution is 0.582. The molecule has 18 heavy (non-hydrogen) atoms. The molecule has 1 nitrogen and oxygen atoms in total. The van der Waals surface area contributed by atoms with Gasteiger partial charge in [-0.1, -0.05) is 28.1 Å². The second-order valence-corrected chi connectivity index (χ2v) is 6.82. The van der Waals surface area contributed by atoms with Crippen molar-refractivity contribution in [2.24, 2.45) is 0 Å². The highest BCUT2D eigenvalue weighted by Gasteiger charge is 2.08. The molecular weight excluding hydrogens is 306 g/mol. The fourth-order valence-electron chi connectivity index (χ4n) is 1.85. The smallest absolute Gasteiger partial charge is 0.0388 e. The highest BCUT2D eigenvalue weighted by molar-refractivity contribution is 9.10. The van der Waals surface area contributed by atoms with Crippen LogP contribution >= 0.6 is 27.3 Å². The van der Waals surface area contributed by atoms with Gasteiger partial charge >= 0.3 is 0 Å². The summed E-state index contributed by atoms with van der Waals surface area (Å²) in [7, 11) is 0. The lowest BCUT2D eigenvalue weighted by Crippen LogP contribution is -2.17. The first-order valence-corrected chi connectivity index (χ1v) is 7.72. The number of aryl methyl sites for hydroxylation is 2. The summed E-state index contributed by atoms with van der Waals surface area (Å²) in [5.74, 6) is 0. The zero-order valence-electron chi connectivity index (χ0n) is 11.0. The zero-order valence-corrected chi connectivity index (χ0v) is 13.4. The molecular formula is C15H18BrNS. The molecule has 1 heterocycles. The number of nitrogens with one attached hydrogen (secondary N) is 1. The second-order valence-electron chi connectivity index (χ2n) is 4.65. The van der Waals surface area contributed by atoms with Crippen molar-refractivity contribution in [3.8, 4) is 0 Å². The minimum Gasteiger partial charge on any atom is -0.305 e. The standard InChI is InChI=1S/C15H18BrNS/c1-10-4-6-13(14(16)8-10)9-17-12(3)15-7-5-11(2)18-15/h4-8,12,17H,9H2,1-3H3. The molecule has 96 valence electrons. The average Bonchev–Trinajstić information content (AvgIpc) is 2.74. The van der Waals surface area contributed by atoms with E-state index in [0.29, 0.717) is 6.04 Å². The summed E-state index contributed by atoms with van der Waals surface area (Å²) in [6.45, 7) is 7.36. The van der Waals surface area contributed by atoms with E-state index in [2.05, 4.69) is 72.3 Å². The summed E-state index contributed by atoms with van der Waals surface area (Å²) in [6.07, 6.45) is 0. The Morgan fingerprint density at radius 3 is 2.61 bits per heavy atom. The number of halogens is 1. The average molecular weight is 324 g/mol. The summed E-state index contributed by atoms with van der Waals surface area (Å²) in [5, 5.41) is 3.57. The maximum Gasteiger partial charge on any atom is 0.0388 e. The number of thiophene rings is 1. The fourth-order valence-corrected chi connectivity index (χ4v) is 3.38. The maximum atomic E-state index is 3.62. The first-order valence-electron chi connectivity index (χ1n) is 6.11. The molecule has 0 fully saturated rings. The van der Waals surface area contributed by atoms with Gasteiger partial charge in [0.25, 0.3) is 0 Å². The zero-order chi connectivity index (χ0) is 13.1. The monoisotopic (exact) mass is 323 g/mol. The van der Waals surface area contributed by atoms with Gasteiger partial charge in [0.2, 0.25) is 0 Å². The van der Waals surface area contributed by atoms with Crippen LogP contribution in [0.5, 0.6) is 0 Å². The van der Waals surface area contributed by atoms with Crippen LogP contribution in [-0.2, 0) is 6.54 Å². The van der Waals surface area contributed by atoms with E-state index in [0.717, 1.165) is 6.54 Å². The molecule has 0 spiro atoms. The van der Waals surface area contributed by atoms with E-state index in [1.54, 1.807) is 0 Å². The number of hydrogen-bond donors (Lipinski definition) is 1. The second kappa shape index (κ2) is 6.00. The number of benzene rings is 1. The largest absolute Gasteiger partial charge is 0.305 e. The summed E-state index contributed by atoms with van der Waals surface area (Å²) in [5.41, 5.74) is 2.59. The van der Waals surface area contributed by atoms with E-state index in [-0.39, 0.29) is 0 Å². The van der Waals surface area contributed by atoms with Crippen molar-refractivity contribution >= 4 is 27.3 Å². The Balaban J connectivity index is 1.99. The Morgan fingerprint density at radius 2 is 2.00 bits per heavy atom. The van der Waals surface area contributed by atoms with Crippen molar-refractivity contribution in [2.45, 2.75) is 33.4 Å². The van der Waals surface area contributed by atoms with E-state index >= 15 is 0 Å². The Hall–Kier alpha value is -0.640. The Morgan fingerprint density at radius 1 is 1.22 bits per heavy atom.